The highest BCUT2D eigenvalue weighted by molar-refractivity contribution is 7.13. The lowest BCUT2D eigenvalue weighted by Crippen LogP contribution is -1.96. The Balaban J connectivity index is 0.00000180. The molecule has 6 heteroatoms. The Morgan fingerprint density at radius 3 is 2.63 bits per heavy atom. The SMILES string of the molecule is Cc1ccccc1OCc1nc(C)c(C(=O)O)s1.Cl. The number of thiazole rings is 1. The monoisotopic (exact) mass is 299 g/mol. The van der Waals surface area contributed by atoms with Crippen LogP contribution in [0.2, 0.25) is 0 Å². The number of nitrogens with zero attached hydrogens (tertiary/aromatic N) is 1. The van der Waals surface area contributed by atoms with Gasteiger partial charge >= 0.3 is 5.97 Å². The van der Waals surface area contributed by atoms with E-state index in [1.165, 1.54) is 0 Å². The lowest BCUT2D eigenvalue weighted by Gasteiger charge is -2.06. The summed E-state index contributed by atoms with van der Waals surface area (Å²) >= 11 is 1.16. The Kier molecular flexibility index (Phi) is 5.32. The van der Waals surface area contributed by atoms with Gasteiger partial charge in [0.05, 0.1) is 5.69 Å². The molecule has 0 atom stereocenters. The maximum Gasteiger partial charge on any atom is 0.347 e. The first kappa shape index (κ1) is 15.5. The molecule has 4 nitrogen and oxygen atoms in total. The molecule has 0 amide bonds. The molecule has 0 saturated carbocycles. The summed E-state index contributed by atoms with van der Waals surface area (Å²) in [5.41, 5.74) is 1.58. The minimum atomic E-state index is -0.938. The first-order chi connectivity index (χ1) is 8.58. The van der Waals surface area contributed by atoms with Gasteiger partial charge in [-0.25, -0.2) is 9.78 Å². The molecule has 19 heavy (non-hydrogen) atoms. The van der Waals surface area contributed by atoms with E-state index in [9.17, 15) is 4.79 Å². The molecule has 0 fully saturated rings. The van der Waals surface area contributed by atoms with E-state index >= 15 is 0 Å². The number of aryl methyl sites for hydroxylation is 2. The van der Waals surface area contributed by atoms with E-state index in [0.29, 0.717) is 17.3 Å². The van der Waals surface area contributed by atoms with E-state index in [1.807, 2.05) is 31.2 Å². The van der Waals surface area contributed by atoms with E-state index in [1.54, 1.807) is 6.92 Å². The van der Waals surface area contributed by atoms with Gasteiger partial charge in [0.15, 0.2) is 0 Å². The van der Waals surface area contributed by atoms with Crippen molar-refractivity contribution < 1.29 is 14.6 Å². The van der Waals surface area contributed by atoms with Gasteiger partial charge in [0.25, 0.3) is 0 Å². The van der Waals surface area contributed by atoms with Crippen molar-refractivity contribution in [3.63, 3.8) is 0 Å². The second-order valence-electron chi connectivity index (χ2n) is 3.88. The molecule has 102 valence electrons. The van der Waals surface area contributed by atoms with E-state index in [-0.39, 0.29) is 17.3 Å². The zero-order valence-corrected chi connectivity index (χ0v) is 12.2. The largest absolute Gasteiger partial charge is 0.486 e. The molecule has 0 unspecified atom stereocenters. The van der Waals surface area contributed by atoms with Gasteiger partial charge in [0, 0.05) is 0 Å². The Morgan fingerprint density at radius 1 is 1.37 bits per heavy atom. The quantitative estimate of drug-likeness (QED) is 0.939. The molecule has 0 spiro atoms. The van der Waals surface area contributed by atoms with Crippen LogP contribution in [-0.2, 0) is 6.61 Å². The van der Waals surface area contributed by atoms with Crippen molar-refractivity contribution in [3.8, 4) is 5.75 Å². The number of benzene rings is 1. The van der Waals surface area contributed by atoms with Gasteiger partial charge in [0.2, 0.25) is 0 Å². The molecule has 0 aliphatic carbocycles. The Labute approximate surface area is 121 Å². The fourth-order valence-electron chi connectivity index (χ4n) is 1.57. The van der Waals surface area contributed by atoms with Crippen molar-refractivity contribution in [1.82, 2.24) is 4.98 Å². The number of rotatable bonds is 4. The van der Waals surface area contributed by atoms with Crippen molar-refractivity contribution in [1.29, 1.82) is 0 Å². The molecule has 0 aliphatic heterocycles. The molecular weight excluding hydrogens is 286 g/mol. The highest BCUT2D eigenvalue weighted by Crippen LogP contribution is 2.21. The number of carboxylic acid groups (broad SMARTS) is 1. The molecule has 0 aliphatic rings. The average Bonchev–Trinajstić information content (AvgIpc) is 2.70. The number of carboxylic acids is 1. The summed E-state index contributed by atoms with van der Waals surface area (Å²) in [7, 11) is 0. The van der Waals surface area contributed by atoms with Crippen LogP contribution in [0.1, 0.15) is 25.9 Å². The predicted molar refractivity (Wildman–Crippen MR) is 76.6 cm³/mol. The minimum Gasteiger partial charge on any atom is -0.486 e. The van der Waals surface area contributed by atoms with Gasteiger partial charge in [-0.3, -0.25) is 0 Å². The molecule has 1 N–H and O–H groups in total. The first-order valence-corrected chi connectivity index (χ1v) is 6.27. The second-order valence-corrected chi connectivity index (χ2v) is 4.97. The van der Waals surface area contributed by atoms with Crippen molar-refractivity contribution in [3.05, 3.63) is 45.4 Å². The number of hydrogen-bond acceptors (Lipinski definition) is 4. The predicted octanol–water partition coefficient (Wildman–Crippen LogP) is 3.46. The maximum absolute atomic E-state index is 10.9. The zero-order valence-electron chi connectivity index (χ0n) is 10.5. The van der Waals surface area contributed by atoms with E-state index in [0.717, 1.165) is 22.6 Å². The van der Waals surface area contributed by atoms with Crippen LogP contribution < -0.4 is 4.74 Å². The number of carbonyl (C=O) groups is 1. The molecule has 2 aromatic rings. The van der Waals surface area contributed by atoms with Crippen molar-refractivity contribution in [2.75, 3.05) is 0 Å². The smallest absolute Gasteiger partial charge is 0.347 e. The van der Waals surface area contributed by atoms with Crippen molar-refractivity contribution in [2.24, 2.45) is 0 Å². The van der Waals surface area contributed by atoms with Gasteiger partial charge in [-0.05, 0) is 25.5 Å². The van der Waals surface area contributed by atoms with Crippen LogP contribution in [0, 0.1) is 13.8 Å². The fraction of sp³-hybridized carbons (Fsp3) is 0.231. The standard InChI is InChI=1S/C13H13NO3S.ClH/c1-8-5-3-4-6-10(8)17-7-11-14-9(2)12(18-11)13(15)16;/h3-6H,7H2,1-2H3,(H,15,16);1H. The Morgan fingerprint density at radius 2 is 2.05 bits per heavy atom. The number of para-hydroxylation sites is 1. The molecule has 1 aromatic heterocycles. The van der Waals surface area contributed by atoms with E-state index < -0.39 is 5.97 Å². The zero-order chi connectivity index (χ0) is 13.1. The van der Waals surface area contributed by atoms with E-state index in [2.05, 4.69) is 4.98 Å². The molecular formula is C13H14ClNO3S. The Bertz CT molecular complexity index is 583. The molecule has 1 aromatic carbocycles. The summed E-state index contributed by atoms with van der Waals surface area (Å²) in [6, 6.07) is 7.69. The van der Waals surface area contributed by atoms with Crippen LogP contribution in [0.25, 0.3) is 0 Å². The minimum absolute atomic E-state index is 0. The second kappa shape index (κ2) is 6.54. The normalized spacial score (nSPS) is 9.79. The number of ether oxygens (including phenoxy) is 1. The molecule has 2 rings (SSSR count). The van der Waals surface area contributed by atoms with Crippen LogP contribution in [0.3, 0.4) is 0 Å². The van der Waals surface area contributed by atoms with Gasteiger partial charge in [-0.1, -0.05) is 18.2 Å². The molecule has 0 saturated heterocycles. The van der Waals surface area contributed by atoms with Gasteiger partial charge in [0.1, 0.15) is 22.2 Å². The summed E-state index contributed by atoms with van der Waals surface area (Å²) in [5.74, 6) is -0.144. The van der Waals surface area contributed by atoms with Crippen LogP contribution >= 0.6 is 23.7 Å². The van der Waals surface area contributed by atoms with Crippen LogP contribution in [0.4, 0.5) is 0 Å². The topological polar surface area (TPSA) is 59.4 Å². The average molecular weight is 300 g/mol. The Hall–Kier alpha value is -1.59. The third kappa shape index (κ3) is 3.68. The summed E-state index contributed by atoms with van der Waals surface area (Å²) in [5, 5.41) is 9.61. The van der Waals surface area contributed by atoms with Crippen molar-refractivity contribution in [2.45, 2.75) is 20.5 Å². The highest BCUT2D eigenvalue weighted by Gasteiger charge is 2.14. The number of aromatic nitrogens is 1. The van der Waals surface area contributed by atoms with Gasteiger partial charge in [-0.15, -0.1) is 23.7 Å². The van der Waals surface area contributed by atoms with Crippen LogP contribution in [0.5, 0.6) is 5.75 Å². The van der Waals surface area contributed by atoms with Crippen molar-refractivity contribution >= 4 is 29.7 Å². The lowest BCUT2D eigenvalue weighted by atomic mass is 10.2. The summed E-state index contributed by atoms with van der Waals surface area (Å²) in [4.78, 5) is 15.4. The van der Waals surface area contributed by atoms with Gasteiger partial charge in [-0.2, -0.15) is 0 Å². The highest BCUT2D eigenvalue weighted by atomic mass is 35.5. The van der Waals surface area contributed by atoms with E-state index in [4.69, 9.17) is 9.84 Å². The third-order valence-corrected chi connectivity index (χ3v) is 3.60. The molecule has 0 radical (unpaired) electrons. The van der Waals surface area contributed by atoms with Crippen LogP contribution in [-0.4, -0.2) is 16.1 Å². The number of halogens is 1. The third-order valence-electron chi connectivity index (χ3n) is 2.48. The van der Waals surface area contributed by atoms with Crippen LogP contribution in [0.15, 0.2) is 24.3 Å². The molecule has 1 heterocycles. The fourth-order valence-corrected chi connectivity index (χ4v) is 2.39. The summed E-state index contributed by atoms with van der Waals surface area (Å²) in [6.45, 7) is 3.95. The summed E-state index contributed by atoms with van der Waals surface area (Å²) < 4.78 is 5.63. The molecule has 0 bridgehead atoms. The first-order valence-electron chi connectivity index (χ1n) is 5.46. The number of hydrogen-bond donors (Lipinski definition) is 1. The summed E-state index contributed by atoms with van der Waals surface area (Å²) in [6.07, 6.45) is 0. The maximum atomic E-state index is 10.9. The lowest BCUT2D eigenvalue weighted by molar-refractivity contribution is 0.0701. The number of aromatic carboxylic acids is 1. The van der Waals surface area contributed by atoms with Gasteiger partial charge < -0.3 is 9.84 Å².